The summed E-state index contributed by atoms with van der Waals surface area (Å²) in [6.45, 7) is 8.54. The molecule has 2 aliphatic rings. The largest absolute Gasteiger partial charge is 0.465 e. The Labute approximate surface area is 308 Å². The van der Waals surface area contributed by atoms with Crippen molar-refractivity contribution >= 4 is 35.0 Å². The van der Waals surface area contributed by atoms with Crippen molar-refractivity contribution in [2.45, 2.75) is 77.5 Å². The number of likely N-dealkylation sites (tertiary alicyclic amines) is 2. The lowest BCUT2D eigenvalue weighted by atomic mass is 10.0. The van der Waals surface area contributed by atoms with Crippen LogP contribution in [-0.2, 0) is 14.3 Å². The zero-order valence-corrected chi connectivity index (χ0v) is 30.6. The van der Waals surface area contributed by atoms with E-state index >= 15 is 0 Å². The van der Waals surface area contributed by atoms with Gasteiger partial charge in [-0.1, -0.05) is 51.8 Å². The minimum absolute atomic E-state index is 0.116. The van der Waals surface area contributed by atoms with E-state index in [1.165, 1.54) is 7.11 Å². The third-order valence-electron chi connectivity index (χ3n) is 9.96. The Morgan fingerprint density at radius 1 is 0.830 bits per heavy atom. The van der Waals surface area contributed by atoms with Crippen molar-refractivity contribution in [3.05, 3.63) is 71.6 Å². The fourth-order valence-electron chi connectivity index (χ4n) is 7.15. The molecule has 0 bridgehead atoms. The summed E-state index contributed by atoms with van der Waals surface area (Å²) in [6, 6.07) is 11.9. The molecule has 0 radical (unpaired) electrons. The Kier molecular flexibility index (Phi) is 11.0. The number of rotatable bonds is 9. The molecule has 2 saturated heterocycles. The zero-order valence-electron chi connectivity index (χ0n) is 30.6. The van der Waals surface area contributed by atoms with E-state index in [4.69, 9.17) is 9.72 Å². The molecule has 5 N–H and O–H groups in total. The first-order valence-corrected chi connectivity index (χ1v) is 18.1. The zero-order chi connectivity index (χ0) is 37.8. The number of carbonyl (C=O) groups excluding carboxylic acids is 3. The van der Waals surface area contributed by atoms with E-state index in [1.807, 2.05) is 70.2 Å². The number of nitrogens with zero attached hydrogens (tertiary/aromatic N) is 4. The SMILES string of the molecule is COC(=O)NC(C(=O)N1CCCC1c1ncc(C#Cc2ccc(-c3ccc4nc(C5CCCN5C(=O)C(NC(=O)O)C(C)C)[nH]c4c3)cc2)[nH]1)C(C)C. The van der Waals surface area contributed by atoms with Crippen LogP contribution in [0.5, 0.6) is 0 Å². The predicted molar refractivity (Wildman–Crippen MR) is 197 cm³/mol. The molecular formula is C39H46N8O6. The third-order valence-corrected chi connectivity index (χ3v) is 9.96. The predicted octanol–water partition coefficient (Wildman–Crippen LogP) is 5.35. The number of carboxylic acid groups (broad SMARTS) is 1. The van der Waals surface area contributed by atoms with Gasteiger partial charge in [-0.05, 0) is 78.8 Å². The van der Waals surface area contributed by atoms with Crippen LogP contribution in [0.1, 0.15) is 88.4 Å². The number of alkyl carbamates (subject to hydrolysis) is 1. The average Bonchev–Trinajstić information content (AvgIpc) is 3.97. The van der Waals surface area contributed by atoms with Gasteiger partial charge in [-0.2, -0.15) is 0 Å². The highest BCUT2D eigenvalue weighted by atomic mass is 16.5. The van der Waals surface area contributed by atoms with Crippen molar-refractivity contribution in [2.75, 3.05) is 20.2 Å². The van der Waals surface area contributed by atoms with Gasteiger partial charge in [-0.15, -0.1) is 0 Å². The Morgan fingerprint density at radius 2 is 1.43 bits per heavy atom. The first kappa shape index (κ1) is 36.9. The van der Waals surface area contributed by atoms with Crippen LogP contribution in [0.4, 0.5) is 9.59 Å². The van der Waals surface area contributed by atoms with Crippen LogP contribution < -0.4 is 10.6 Å². The van der Waals surface area contributed by atoms with Gasteiger partial charge < -0.3 is 40.2 Å². The summed E-state index contributed by atoms with van der Waals surface area (Å²) >= 11 is 0. The van der Waals surface area contributed by atoms with E-state index in [-0.39, 0.29) is 35.7 Å². The van der Waals surface area contributed by atoms with Crippen LogP contribution in [0.2, 0.25) is 0 Å². The fraction of sp³-hybridized carbons (Fsp3) is 0.436. The van der Waals surface area contributed by atoms with Crippen molar-refractivity contribution in [3.63, 3.8) is 0 Å². The molecular weight excluding hydrogens is 676 g/mol. The molecule has 2 fully saturated rings. The molecule has 14 heteroatoms. The van der Waals surface area contributed by atoms with Crippen LogP contribution in [-0.4, -0.2) is 91.1 Å². The highest BCUT2D eigenvalue weighted by Crippen LogP contribution is 2.34. The number of fused-ring (bicyclic) bond motifs is 1. The van der Waals surface area contributed by atoms with Crippen LogP contribution in [0.3, 0.4) is 0 Å². The monoisotopic (exact) mass is 722 g/mol. The fourth-order valence-corrected chi connectivity index (χ4v) is 7.15. The minimum Gasteiger partial charge on any atom is -0.465 e. The molecule has 4 aromatic rings. The van der Waals surface area contributed by atoms with Gasteiger partial charge in [0.15, 0.2) is 0 Å². The maximum atomic E-state index is 13.4. The van der Waals surface area contributed by atoms with E-state index in [0.29, 0.717) is 30.4 Å². The lowest BCUT2D eigenvalue weighted by Gasteiger charge is -2.29. The molecule has 4 heterocycles. The molecule has 6 rings (SSSR count). The van der Waals surface area contributed by atoms with Gasteiger partial charge in [0.1, 0.15) is 29.4 Å². The number of ether oxygens (including phenoxy) is 1. The number of methoxy groups -OCH3 is 1. The van der Waals surface area contributed by atoms with Crippen molar-refractivity contribution in [1.29, 1.82) is 0 Å². The summed E-state index contributed by atoms with van der Waals surface area (Å²) in [4.78, 5) is 69.7. The Morgan fingerprint density at radius 3 is 2.04 bits per heavy atom. The van der Waals surface area contributed by atoms with Gasteiger partial charge in [0.2, 0.25) is 11.8 Å². The normalized spacial score (nSPS) is 18.2. The summed E-state index contributed by atoms with van der Waals surface area (Å²) in [6.07, 6.45) is 2.96. The number of amides is 4. The molecule has 0 aliphatic carbocycles. The number of aromatic amines is 2. The van der Waals surface area contributed by atoms with Crippen molar-refractivity contribution in [1.82, 2.24) is 40.4 Å². The van der Waals surface area contributed by atoms with E-state index in [9.17, 15) is 24.3 Å². The van der Waals surface area contributed by atoms with Crippen LogP contribution in [0.15, 0.2) is 48.7 Å². The first-order valence-electron chi connectivity index (χ1n) is 18.1. The van der Waals surface area contributed by atoms with Crippen LogP contribution in [0.25, 0.3) is 22.2 Å². The molecule has 0 saturated carbocycles. The van der Waals surface area contributed by atoms with E-state index in [2.05, 4.69) is 37.4 Å². The molecule has 4 amide bonds. The second-order valence-corrected chi connectivity index (χ2v) is 14.3. The number of nitrogens with one attached hydrogen (secondary N) is 4. The summed E-state index contributed by atoms with van der Waals surface area (Å²) in [5.41, 5.74) is 5.09. The maximum Gasteiger partial charge on any atom is 0.407 e. The first-order chi connectivity index (χ1) is 25.4. The molecule has 53 heavy (non-hydrogen) atoms. The highest BCUT2D eigenvalue weighted by Gasteiger charge is 2.38. The highest BCUT2D eigenvalue weighted by molar-refractivity contribution is 5.87. The van der Waals surface area contributed by atoms with Crippen molar-refractivity contribution < 1.29 is 29.0 Å². The van der Waals surface area contributed by atoms with Gasteiger partial charge in [-0.25, -0.2) is 19.6 Å². The van der Waals surface area contributed by atoms with E-state index < -0.39 is 24.3 Å². The van der Waals surface area contributed by atoms with Gasteiger partial charge in [0, 0.05) is 18.7 Å². The van der Waals surface area contributed by atoms with Crippen LogP contribution in [0, 0.1) is 23.7 Å². The Balaban J connectivity index is 1.12. The number of H-pyrrole nitrogens is 2. The molecule has 0 spiro atoms. The van der Waals surface area contributed by atoms with Crippen molar-refractivity contribution in [3.8, 4) is 23.0 Å². The summed E-state index contributed by atoms with van der Waals surface area (Å²) in [5.74, 6) is 6.99. The van der Waals surface area contributed by atoms with Gasteiger partial charge >= 0.3 is 12.2 Å². The summed E-state index contributed by atoms with van der Waals surface area (Å²) in [7, 11) is 1.28. The Bertz CT molecular complexity index is 2040. The second kappa shape index (κ2) is 15.8. The second-order valence-electron chi connectivity index (χ2n) is 14.3. The molecule has 2 aromatic carbocycles. The molecule has 2 aromatic heterocycles. The average molecular weight is 723 g/mol. The Hall–Kier alpha value is -5.84. The molecule has 4 unspecified atom stereocenters. The van der Waals surface area contributed by atoms with Gasteiger partial charge in [0.25, 0.3) is 0 Å². The number of carbonyl (C=O) groups is 4. The van der Waals surface area contributed by atoms with E-state index in [1.54, 1.807) is 16.0 Å². The lowest BCUT2D eigenvalue weighted by molar-refractivity contribution is -0.136. The van der Waals surface area contributed by atoms with Crippen LogP contribution >= 0.6 is 0 Å². The topological polar surface area (TPSA) is 186 Å². The minimum atomic E-state index is -1.22. The van der Waals surface area contributed by atoms with Gasteiger partial charge in [0.05, 0.1) is 36.4 Å². The smallest absolute Gasteiger partial charge is 0.407 e. The van der Waals surface area contributed by atoms with E-state index in [0.717, 1.165) is 53.4 Å². The number of aromatic nitrogens is 4. The standard InChI is InChI=1S/C39H46N8O6/c1-22(2)32(44-38(50)51)36(48)47-19-7-9-31(47)35-42-28-17-15-26(20-29(28)43-35)25-13-10-24(11-14-25)12-16-27-21-40-34(41-27)30-8-6-18-46(30)37(49)33(23(3)4)45-39(52)53-5/h10-11,13-15,17,20-23,30-33,44H,6-9,18-19H2,1-5H3,(H,40,41)(H,42,43)(H,45,52)(H,50,51). The number of hydrogen-bond acceptors (Lipinski definition) is 7. The summed E-state index contributed by atoms with van der Waals surface area (Å²) < 4.78 is 4.73. The number of hydrogen-bond donors (Lipinski definition) is 5. The summed E-state index contributed by atoms with van der Waals surface area (Å²) in [5, 5.41) is 14.3. The lowest BCUT2D eigenvalue weighted by Crippen LogP contribution is -2.51. The molecule has 4 atom stereocenters. The molecule has 14 nitrogen and oxygen atoms in total. The number of imidazole rings is 2. The molecule has 278 valence electrons. The van der Waals surface area contributed by atoms with Gasteiger partial charge in [-0.3, -0.25) is 9.59 Å². The molecule has 2 aliphatic heterocycles. The van der Waals surface area contributed by atoms with Crippen molar-refractivity contribution in [2.24, 2.45) is 11.8 Å². The quantitative estimate of drug-likeness (QED) is 0.143. The third kappa shape index (κ3) is 8.14. The maximum absolute atomic E-state index is 13.4. The number of benzene rings is 2.